The van der Waals surface area contributed by atoms with Gasteiger partial charge in [0.25, 0.3) is 0 Å². The van der Waals surface area contributed by atoms with Crippen molar-refractivity contribution in [3.63, 3.8) is 0 Å². The van der Waals surface area contributed by atoms with Crippen LogP contribution in [-0.2, 0) is 6.54 Å². The lowest BCUT2D eigenvalue weighted by molar-refractivity contribution is 0.797. The maximum Gasteiger partial charge on any atom is 0.110 e. The fourth-order valence-corrected chi connectivity index (χ4v) is 2.51. The lowest BCUT2D eigenvalue weighted by Crippen LogP contribution is -1.96. The van der Waals surface area contributed by atoms with Crippen LogP contribution in [0.4, 0.5) is 0 Å². The number of hydrogen-bond donors (Lipinski definition) is 1. The minimum atomic E-state index is 0.532. The molecule has 0 aliphatic rings. The Balaban J connectivity index is 1.83. The van der Waals surface area contributed by atoms with Gasteiger partial charge in [0, 0.05) is 12.7 Å². The molecule has 2 heterocycles. The number of aromatic nitrogens is 5. The zero-order valence-electron chi connectivity index (χ0n) is 12.9. The SMILES string of the molecule is C=N/C(=C\c1n[nH]nc1C)c1cn(Cc2ccc(Cl)c(Cl)c2)cn1. The topological polar surface area (TPSA) is 71.8 Å². The monoisotopic (exact) mass is 360 g/mol. The molecule has 0 aliphatic carbocycles. The maximum atomic E-state index is 6.05. The zero-order valence-corrected chi connectivity index (χ0v) is 14.4. The van der Waals surface area contributed by atoms with E-state index in [4.69, 9.17) is 23.2 Å². The summed E-state index contributed by atoms with van der Waals surface area (Å²) >= 11 is 12.0. The Morgan fingerprint density at radius 3 is 2.83 bits per heavy atom. The van der Waals surface area contributed by atoms with Crippen molar-refractivity contribution in [2.45, 2.75) is 13.5 Å². The second kappa shape index (κ2) is 6.98. The van der Waals surface area contributed by atoms with Crippen LogP contribution in [0, 0.1) is 6.92 Å². The summed E-state index contributed by atoms with van der Waals surface area (Å²) in [6.45, 7) is 6.09. The number of aromatic amines is 1. The maximum absolute atomic E-state index is 6.05. The summed E-state index contributed by atoms with van der Waals surface area (Å²) in [5.74, 6) is 0. The fourth-order valence-electron chi connectivity index (χ4n) is 2.19. The Hall–Kier alpha value is -2.44. The van der Waals surface area contributed by atoms with Crippen LogP contribution in [0.15, 0.2) is 35.7 Å². The van der Waals surface area contributed by atoms with Crippen LogP contribution >= 0.6 is 23.2 Å². The molecule has 8 heteroatoms. The highest BCUT2D eigenvalue weighted by Gasteiger charge is 2.08. The van der Waals surface area contributed by atoms with Crippen LogP contribution < -0.4 is 0 Å². The molecule has 122 valence electrons. The number of nitrogens with one attached hydrogen (secondary N) is 1. The average molecular weight is 361 g/mol. The van der Waals surface area contributed by atoms with Crippen molar-refractivity contribution < 1.29 is 0 Å². The fraction of sp³-hybridized carbons (Fsp3) is 0.125. The van der Waals surface area contributed by atoms with Gasteiger partial charge in [-0.05, 0) is 37.4 Å². The van der Waals surface area contributed by atoms with Gasteiger partial charge in [-0.25, -0.2) is 4.98 Å². The molecule has 0 bridgehead atoms. The van der Waals surface area contributed by atoms with Crippen molar-refractivity contribution in [3.8, 4) is 0 Å². The Kier molecular flexibility index (Phi) is 4.78. The second-order valence-corrected chi connectivity index (χ2v) is 5.98. The van der Waals surface area contributed by atoms with Crippen molar-refractivity contribution in [1.29, 1.82) is 0 Å². The van der Waals surface area contributed by atoms with E-state index in [1.54, 1.807) is 18.5 Å². The van der Waals surface area contributed by atoms with E-state index in [1.165, 1.54) is 0 Å². The summed E-state index contributed by atoms with van der Waals surface area (Å²) in [5.41, 5.74) is 3.84. The van der Waals surface area contributed by atoms with Crippen LogP contribution in [-0.4, -0.2) is 31.7 Å². The van der Waals surface area contributed by atoms with Gasteiger partial charge in [0.2, 0.25) is 0 Å². The van der Waals surface area contributed by atoms with Gasteiger partial charge in [0.05, 0.1) is 27.8 Å². The molecule has 0 aliphatic heterocycles. The highest BCUT2D eigenvalue weighted by atomic mass is 35.5. The van der Waals surface area contributed by atoms with Crippen LogP contribution in [0.25, 0.3) is 11.8 Å². The van der Waals surface area contributed by atoms with E-state index >= 15 is 0 Å². The predicted molar refractivity (Wildman–Crippen MR) is 96.3 cm³/mol. The molecule has 24 heavy (non-hydrogen) atoms. The predicted octanol–water partition coefficient (Wildman–Crippen LogP) is 3.86. The number of rotatable bonds is 5. The Bertz CT molecular complexity index is 909. The molecule has 6 nitrogen and oxygen atoms in total. The molecule has 0 saturated heterocycles. The van der Waals surface area contributed by atoms with Gasteiger partial charge < -0.3 is 4.57 Å². The van der Waals surface area contributed by atoms with Crippen molar-refractivity contribution in [2.24, 2.45) is 4.99 Å². The van der Waals surface area contributed by atoms with E-state index in [2.05, 4.69) is 32.1 Å². The van der Waals surface area contributed by atoms with Gasteiger partial charge in [-0.15, -0.1) is 0 Å². The number of halogens is 2. The summed E-state index contributed by atoms with van der Waals surface area (Å²) in [7, 11) is 0. The van der Waals surface area contributed by atoms with E-state index in [9.17, 15) is 0 Å². The smallest absolute Gasteiger partial charge is 0.110 e. The average Bonchev–Trinajstić information content (AvgIpc) is 3.18. The van der Waals surface area contributed by atoms with Gasteiger partial charge in [0.1, 0.15) is 11.4 Å². The molecule has 0 spiro atoms. The minimum Gasteiger partial charge on any atom is -0.332 e. The normalized spacial score (nSPS) is 11.7. The summed E-state index contributed by atoms with van der Waals surface area (Å²) in [6, 6.07) is 5.54. The molecule has 0 atom stereocenters. The second-order valence-electron chi connectivity index (χ2n) is 5.16. The standard InChI is InChI=1S/C16H14Cl2N6/c1-10-14(22-23-21-10)6-15(19-2)16-8-24(9-20-16)7-11-3-4-12(17)13(18)5-11/h3-6,8-9H,2,7H2,1H3,(H,21,22,23)/b15-6-. The summed E-state index contributed by atoms with van der Waals surface area (Å²) in [5, 5.41) is 11.7. The molecule has 3 rings (SSSR count). The van der Waals surface area contributed by atoms with Crippen molar-refractivity contribution in [3.05, 3.63) is 63.4 Å². The molecule has 0 fully saturated rings. The van der Waals surface area contributed by atoms with Crippen molar-refractivity contribution >= 4 is 41.7 Å². The lowest BCUT2D eigenvalue weighted by Gasteiger charge is -2.04. The molecule has 1 N–H and O–H groups in total. The van der Waals surface area contributed by atoms with E-state index in [-0.39, 0.29) is 0 Å². The highest BCUT2D eigenvalue weighted by molar-refractivity contribution is 6.42. The largest absolute Gasteiger partial charge is 0.332 e. The summed E-state index contributed by atoms with van der Waals surface area (Å²) < 4.78 is 1.93. The van der Waals surface area contributed by atoms with Crippen molar-refractivity contribution in [2.75, 3.05) is 0 Å². The summed E-state index contributed by atoms with van der Waals surface area (Å²) in [4.78, 5) is 8.41. The molecule has 1 aromatic carbocycles. The number of H-pyrrole nitrogens is 1. The molecular weight excluding hydrogens is 347 g/mol. The molecule has 0 saturated carbocycles. The highest BCUT2D eigenvalue weighted by Crippen LogP contribution is 2.23. The third-order valence-electron chi connectivity index (χ3n) is 3.45. The van der Waals surface area contributed by atoms with E-state index < -0.39 is 0 Å². The first-order chi connectivity index (χ1) is 11.6. The van der Waals surface area contributed by atoms with Gasteiger partial charge in [-0.2, -0.15) is 15.4 Å². The molecule has 2 aromatic heterocycles. The Labute approximate surface area is 148 Å². The van der Waals surface area contributed by atoms with Crippen LogP contribution in [0.5, 0.6) is 0 Å². The third kappa shape index (κ3) is 3.55. The van der Waals surface area contributed by atoms with Gasteiger partial charge in [-0.3, -0.25) is 4.99 Å². The van der Waals surface area contributed by atoms with Crippen LogP contribution in [0.2, 0.25) is 10.0 Å². The number of aryl methyl sites for hydroxylation is 1. The zero-order chi connectivity index (χ0) is 17.1. The first-order valence-electron chi connectivity index (χ1n) is 7.08. The number of aliphatic imine (C=N–C) groups is 1. The van der Waals surface area contributed by atoms with E-state index in [1.807, 2.05) is 29.8 Å². The third-order valence-corrected chi connectivity index (χ3v) is 4.19. The van der Waals surface area contributed by atoms with Gasteiger partial charge in [0.15, 0.2) is 0 Å². The molecule has 0 amide bonds. The van der Waals surface area contributed by atoms with Crippen LogP contribution in [0.3, 0.4) is 0 Å². The van der Waals surface area contributed by atoms with E-state index in [0.29, 0.717) is 33.7 Å². The Morgan fingerprint density at radius 1 is 1.33 bits per heavy atom. The number of imidazole rings is 1. The summed E-state index contributed by atoms with van der Waals surface area (Å²) in [6.07, 6.45) is 5.41. The molecule has 3 aromatic rings. The lowest BCUT2D eigenvalue weighted by atomic mass is 10.2. The molecular formula is C16H14Cl2N6. The van der Waals surface area contributed by atoms with Crippen molar-refractivity contribution in [1.82, 2.24) is 25.0 Å². The number of hydrogen-bond acceptors (Lipinski definition) is 4. The Morgan fingerprint density at radius 2 is 2.17 bits per heavy atom. The number of nitrogens with zero attached hydrogens (tertiary/aromatic N) is 5. The van der Waals surface area contributed by atoms with E-state index in [0.717, 1.165) is 11.3 Å². The quantitative estimate of drug-likeness (QED) is 0.702. The number of benzene rings is 1. The molecule has 0 unspecified atom stereocenters. The first kappa shape index (κ1) is 16.4. The van der Waals surface area contributed by atoms with Crippen LogP contribution in [0.1, 0.15) is 22.6 Å². The van der Waals surface area contributed by atoms with Gasteiger partial charge in [-0.1, -0.05) is 29.3 Å². The first-order valence-corrected chi connectivity index (χ1v) is 7.84. The van der Waals surface area contributed by atoms with Gasteiger partial charge >= 0.3 is 0 Å². The minimum absolute atomic E-state index is 0.532. The molecule has 0 radical (unpaired) electrons.